The molecule has 2 aromatic rings. The maximum atomic E-state index is 11.8. The molecule has 0 saturated heterocycles. The highest BCUT2D eigenvalue weighted by atomic mass is 35.5. The summed E-state index contributed by atoms with van der Waals surface area (Å²) >= 11 is 11.8. The number of hydrogen-bond acceptors (Lipinski definition) is 8. The van der Waals surface area contributed by atoms with Gasteiger partial charge in [0.15, 0.2) is 23.0 Å². The molecule has 0 fully saturated rings. The fourth-order valence-electron chi connectivity index (χ4n) is 2.30. The smallest absolute Gasteiger partial charge is 0.331 e. The minimum absolute atomic E-state index is 0.0395. The third kappa shape index (κ3) is 6.76. The number of nitrogens with one attached hydrogen (secondary N) is 2. The Morgan fingerprint density at radius 1 is 0.844 bits per heavy atom. The van der Waals surface area contributed by atoms with E-state index in [0.717, 1.165) is 0 Å². The van der Waals surface area contributed by atoms with Crippen LogP contribution in [0.15, 0.2) is 34.5 Å². The number of rotatable bonds is 8. The minimum atomic E-state index is -1.08. The van der Waals surface area contributed by atoms with Crippen LogP contribution in [-0.2, 0) is 9.59 Å². The van der Waals surface area contributed by atoms with Crippen LogP contribution in [-0.4, -0.2) is 47.7 Å². The largest absolute Gasteiger partial charge is 0.503 e. The van der Waals surface area contributed by atoms with Crippen molar-refractivity contribution in [3.63, 3.8) is 0 Å². The first-order valence-corrected chi connectivity index (χ1v) is 9.99. The van der Waals surface area contributed by atoms with Gasteiger partial charge in [-0.05, 0) is 49.2 Å². The Kier molecular flexibility index (Phi) is 9.11. The van der Waals surface area contributed by atoms with Crippen LogP contribution in [0.5, 0.6) is 23.0 Å². The van der Waals surface area contributed by atoms with E-state index in [9.17, 15) is 19.8 Å². The maximum Gasteiger partial charge on any atom is 0.331 e. The number of ether oxygens (including phenoxy) is 2. The van der Waals surface area contributed by atoms with Gasteiger partial charge in [-0.3, -0.25) is 9.59 Å². The number of carbonyl (C=O) groups excluding carboxylic acids is 2. The fourth-order valence-corrected chi connectivity index (χ4v) is 2.74. The molecule has 0 atom stereocenters. The third-order valence-electron chi connectivity index (χ3n) is 3.67. The van der Waals surface area contributed by atoms with Crippen molar-refractivity contribution in [3.8, 4) is 23.0 Å². The van der Waals surface area contributed by atoms with E-state index in [0.29, 0.717) is 24.3 Å². The van der Waals surface area contributed by atoms with Crippen LogP contribution in [0.3, 0.4) is 0 Å². The molecule has 0 unspecified atom stereocenters. The molecule has 2 aromatic carbocycles. The van der Waals surface area contributed by atoms with Crippen LogP contribution >= 0.6 is 23.2 Å². The van der Waals surface area contributed by atoms with Crippen LogP contribution in [0.1, 0.15) is 25.0 Å². The quantitative estimate of drug-likeness (QED) is 0.259. The van der Waals surface area contributed by atoms with E-state index in [2.05, 4.69) is 10.2 Å². The summed E-state index contributed by atoms with van der Waals surface area (Å²) < 4.78 is 10.5. The Balaban J connectivity index is 1.96. The van der Waals surface area contributed by atoms with E-state index >= 15 is 0 Å². The molecular weight excluding hydrogens is 463 g/mol. The zero-order valence-corrected chi connectivity index (χ0v) is 18.6. The summed E-state index contributed by atoms with van der Waals surface area (Å²) in [5, 5.41) is 27.0. The number of phenolic OH excluding ortho intramolecular Hbond substituents is 2. The number of halogens is 2. The summed E-state index contributed by atoms with van der Waals surface area (Å²) in [7, 11) is 0. The molecule has 0 aliphatic heterocycles. The standard InChI is InChI=1S/C20H20Cl2N4O6/c1-3-31-15-7-11(5-13(21)17(15)27)9-23-25-19(29)20(30)26-24-10-12-6-14(22)18(28)16(8-12)32-4-2/h5-10,27-28H,3-4H2,1-2H3,(H,25,29)(H,26,30)/b23-9+,24-10+. The van der Waals surface area contributed by atoms with Crippen LogP contribution in [0.25, 0.3) is 0 Å². The van der Waals surface area contributed by atoms with Crippen LogP contribution in [0, 0.1) is 0 Å². The SMILES string of the molecule is CCOc1cc(/C=N/NC(=O)C(=O)N/N=C/c2cc(Cl)c(O)c(OCC)c2)cc(Cl)c1O. The molecule has 0 aliphatic rings. The van der Waals surface area contributed by atoms with Gasteiger partial charge in [0, 0.05) is 0 Å². The maximum absolute atomic E-state index is 11.8. The van der Waals surface area contributed by atoms with Gasteiger partial charge in [0.2, 0.25) is 0 Å². The molecule has 170 valence electrons. The Hall–Kier alpha value is -3.50. The lowest BCUT2D eigenvalue weighted by molar-refractivity contribution is -0.139. The minimum Gasteiger partial charge on any atom is -0.503 e. The van der Waals surface area contributed by atoms with Crippen molar-refractivity contribution in [2.24, 2.45) is 10.2 Å². The number of amides is 2. The lowest BCUT2D eigenvalue weighted by atomic mass is 10.2. The van der Waals surface area contributed by atoms with E-state index in [4.69, 9.17) is 32.7 Å². The highest BCUT2D eigenvalue weighted by Crippen LogP contribution is 2.35. The first kappa shape index (κ1) is 24.8. The van der Waals surface area contributed by atoms with Crippen molar-refractivity contribution in [1.82, 2.24) is 10.9 Å². The third-order valence-corrected chi connectivity index (χ3v) is 4.24. The zero-order valence-electron chi connectivity index (χ0n) is 17.1. The molecule has 0 radical (unpaired) electrons. The molecule has 2 amide bonds. The summed E-state index contributed by atoms with van der Waals surface area (Å²) in [5.41, 5.74) is 4.90. The van der Waals surface area contributed by atoms with Crippen molar-refractivity contribution < 1.29 is 29.3 Å². The Bertz CT molecular complexity index is 975. The summed E-state index contributed by atoms with van der Waals surface area (Å²) in [5.74, 6) is -2.27. The van der Waals surface area contributed by atoms with Gasteiger partial charge in [-0.2, -0.15) is 10.2 Å². The van der Waals surface area contributed by atoms with Crippen molar-refractivity contribution in [2.45, 2.75) is 13.8 Å². The number of aromatic hydroxyl groups is 2. The average molecular weight is 483 g/mol. The average Bonchev–Trinajstić information content (AvgIpc) is 2.75. The first-order valence-electron chi connectivity index (χ1n) is 9.23. The van der Waals surface area contributed by atoms with Crippen molar-refractivity contribution in [3.05, 3.63) is 45.4 Å². The van der Waals surface area contributed by atoms with Gasteiger partial charge < -0.3 is 19.7 Å². The molecular formula is C20H20Cl2N4O6. The molecule has 10 nitrogen and oxygen atoms in total. The summed E-state index contributed by atoms with van der Waals surface area (Å²) in [6.07, 6.45) is 2.44. The lowest BCUT2D eigenvalue weighted by Gasteiger charge is -2.08. The molecule has 0 saturated carbocycles. The Morgan fingerprint density at radius 2 is 1.22 bits per heavy atom. The van der Waals surface area contributed by atoms with E-state index in [1.165, 1.54) is 36.7 Å². The molecule has 0 heterocycles. The summed E-state index contributed by atoms with van der Waals surface area (Å²) in [4.78, 5) is 23.7. The fraction of sp³-hybridized carbons (Fsp3) is 0.200. The number of nitrogens with zero attached hydrogens (tertiary/aromatic N) is 2. The number of phenols is 2. The second kappa shape index (κ2) is 11.8. The van der Waals surface area contributed by atoms with E-state index < -0.39 is 11.8 Å². The van der Waals surface area contributed by atoms with Crippen molar-refractivity contribution >= 4 is 47.4 Å². The van der Waals surface area contributed by atoms with Gasteiger partial charge >= 0.3 is 11.8 Å². The first-order chi connectivity index (χ1) is 15.3. The highest BCUT2D eigenvalue weighted by molar-refractivity contribution is 6.35. The van der Waals surface area contributed by atoms with Gasteiger partial charge in [0.1, 0.15) is 0 Å². The molecule has 4 N–H and O–H groups in total. The van der Waals surface area contributed by atoms with Gasteiger partial charge in [0.25, 0.3) is 0 Å². The van der Waals surface area contributed by atoms with Crippen LogP contribution in [0.4, 0.5) is 0 Å². The van der Waals surface area contributed by atoms with Crippen LogP contribution < -0.4 is 20.3 Å². The van der Waals surface area contributed by atoms with Gasteiger partial charge in [0.05, 0.1) is 35.7 Å². The predicted molar refractivity (Wildman–Crippen MR) is 120 cm³/mol. The number of hydrogen-bond donors (Lipinski definition) is 4. The topological polar surface area (TPSA) is 142 Å². The highest BCUT2D eigenvalue weighted by Gasteiger charge is 2.13. The molecule has 0 aliphatic carbocycles. The van der Waals surface area contributed by atoms with E-state index in [1.54, 1.807) is 13.8 Å². The van der Waals surface area contributed by atoms with Gasteiger partial charge in [-0.1, -0.05) is 23.2 Å². The van der Waals surface area contributed by atoms with Gasteiger partial charge in [-0.15, -0.1) is 0 Å². The Labute approximate surface area is 193 Å². The number of carbonyl (C=O) groups is 2. The summed E-state index contributed by atoms with van der Waals surface area (Å²) in [6.45, 7) is 4.10. The second-order valence-electron chi connectivity index (χ2n) is 5.96. The monoisotopic (exact) mass is 482 g/mol. The number of hydrazone groups is 2. The van der Waals surface area contributed by atoms with Crippen molar-refractivity contribution in [1.29, 1.82) is 0 Å². The summed E-state index contributed by atoms with van der Waals surface area (Å²) in [6, 6.07) is 5.73. The van der Waals surface area contributed by atoms with E-state index in [1.807, 2.05) is 10.9 Å². The lowest BCUT2D eigenvalue weighted by Crippen LogP contribution is -2.35. The van der Waals surface area contributed by atoms with Gasteiger partial charge in [-0.25, -0.2) is 10.9 Å². The molecule has 12 heteroatoms. The molecule has 32 heavy (non-hydrogen) atoms. The normalized spacial score (nSPS) is 11.0. The molecule has 0 spiro atoms. The van der Waals surface area contributed by atoms with Crippen molar-refractivity contribution in [2.75, 3.05) is 13.2 Å². The zero-order chi connectivity index (χ0) is 23.7. The van der Waals surface area contributed by atoms with E-state index in [-0.39, 0.29) is 33.0 Å². The number of benzene rings is 2. The molecule has 2 rings (SSSR count). The van der Waals surface area contributed by atoms with Crippen LogP contribution in [0.2, 0.25) is 10.0 Å². The second-order valence-corrected chi connectivity index (χ2v) is 6.78. The molecule has 0 aromatic heterocycles. The molecule has 0 bridgehead atoms. The predicted octanol–water partition coefficient (Wildman–Crippen LogP) is 2.80. The Morgan fingerprint density at radius 3 is 1.56 bits per heavy atom.